The van der Waals surface area contributed by atoms with Gasteiger partial charge < -0.3 is 21.7 Å². The smallest absolute Gasteiger partial charge is 0.404 e. The van der Waals surface area contributed by atoms with E-state index in [1.165, 1.54) is 6.20 Å². The summed E-state index contributed by atoms with van der Waals surface area (Å²) < 4.78 is 38.5. The molecule has 5 N–H and O–H groups in total. The van der Waals surface area contributed by atoms with Crippen LogP contribution in [0.15, 0.2) is 53.9 Å². The first-order valence-corrected chi connectivity index (χ1v) is 10.8. The number of benzene rings is 1. The second-order valence-corrected chi connectivity index (χ2v) is 8.20. The van der Waals surface area contributed by atoms with Crippen molar-refractivity contribution in [1.29, 1.82) is 5.26 Å². The van der Waals surface area contributed by atoms with E-state index in [1.807, 2.05) is 0 Å². The molecule has 36 heavy (non-hydrogen) atoms. The van der Waals surface area contributed by atoms with Crippen molar-refractivity contribution in [3.63, 3.8) is 0 Å². The van der Waals surface area contributed by atoms with Gasteiger partial charge in [0.15, 0.2) is 5.65 Å². The normalized spacial score (nSPS) is 15.4. The number of alkyl halides is 3. The summed E-state index contributed by atoms with van der Waals surface area (Å²) in [5.74, 6) is 0. The fourth-order valence-electron chi connectivity index (χ4n) is 3.59. The lowest BCUT2D eigenvalue weighted by Gasteiger charge is -2.37. The number of hydrogen-bond donors (Lipinski definition) is 4. The van der Waals surface area contributed by atoms with Crippen molar-refractivity contribution in [2.75, 3.05) is 25.0 Å². The molecule has 13 heteroatoms. The Morgan fingerprint density at radius 1 is 1.33 bits per heavy atom. The van der Waals surface area contributed by atoms with Crippen molar-refractivity contribution in [3.8, 4) is 17.3 Å². The lowest BCUT2D eigenvalue weighted by molar-refractivity contribution is -0.122. The van der Waals surface area contributed by atoms with Gasteiger partial charge in [0.1, 0.15) is 6.54 Å². The van der Waals surface area contributed by atoms with Crippen molar-refractivity contribution in [3.05, 3.63) is 54.5 Å². The summed E-state index contributed by atoms with van der Waals surface area (Å²) in [4.78, 5) is 20.7. The number of nitrogens with zero attached hydrogens (tertiary/aromatic N) is 5. The van der Waals surface area contributed by atoms with Crippen molar-refractivity contribution in [1.82, 2.24) is 25.2 Å². The molecule has 2 amide bonds. The fourth-order valence-corrected chi connectivity index (χ4v) is 3.59. The minimum absolute atomic E-state index is 0.299. The summed E-state index contributed by atoms with van der Waals surface area (Å²) in [5, 5.41) is 20.8. The number of anilines is 1. The van der Waals surface area contributed by atoms with Crippen LogP contribution < -0.4 is 21.7 Å². The van der Waals surface area contributed by atoms with E-state index in [1.54, 1.807) is 58.8 Å². The van der Waals surface area contributed by atoms with Crippen molar-refractivity contribution in [2.24, 2.45) is 10.7 Å². The van der Waals surface area contributed by atoms with Crippen LogP contribution in [0.3, 0.4) is 0 Å². The minimum atomic E-state index is -4.50. The highest BCUT2D eigenvalue weighted by Crippen LogP contribution is 2.25. The Morgan fingerprint density at radius 2 is 2.14 bits per heavy atom. The highest BCUT2D eigenvalue weighted by molar-refractivity contribution is 6.10. The number of nitriles is 1. The maximum Gasteiger partial charge on any atom is 0.405 e. The standard InChI is InChI=1S/C23H22F3N9O/c24-23(25,26)14-31-21(36)34-18-3-1-2-15(6-18)19-11-30-20-7-16(10-33-35(19)20)17(8-28)9-32-22(4-5-27)12-29-13-22/h1-3,6-11,29H,4,12-14,28H2,(H2,31,34,36). The second kappa shape index (κ2) is 10.0. The summed E-state index contributed by atoms with van der Waals surface area (Å²) in [6.45, 7) is -0.195. The Balaban J connectivity index is 1.53. The van der Waals surface area contributed by atoms with E-state index in [0.29, 0.717) is 53.2 Å². The number of aromatic nitrogens is 3. The lowest BCUT2D eigenvalue weighted by atomic mass is 9.90. The van der Waals surface area contributed by atoms with Gasteiger partial charge in [0.05, 0.1) is 36.1 Å². The quantitative estimate of drug-likeness (QED) is 0.369. The number of fused-ring (bicyclic) bond motifs is 1. The Kier molecular flexibility index (Phi) is 6.89. The molecule has 3 heterocycles. The first kappa shape index (κ1) is 24.7. The number of carbonyl (C=O) groups is 1. The van der Waals surface area contributed by atoms with E-state index in [9.17, 15) is 18.0 Å². The highest BCUT2D eigenvalue weighted by Gasteiger charge is 2.35. The molecule has 186 valence electrons. The zero-order valence-corrected chi connectivity index (χ0v) is 18.9. The number of rotatable bonds is 7. The van der Waals surface area contributed by atoms with Gasteiger partial charge in [0.2, 0.25) is 0 Å². The fraction of sp³-hybridized carbons (Fsp3) is 0.261. The summed E-state index contributed by atoms with van der Waals surface area (Å²) in [6, 6.07) is 9.54. The van der Waals surface area contributed by atoms with Crippen molar-refractivity contribution in [2.45, 2.75) is 18.1 Å². The molecule has 2 aromatic heterocycles. The molecule has 1 aromatic carbocycles. The number of nitrogens with two attached hydrogens (primary N) is 1. The number of allylic oxidation sites excluding steroid dienone is 1. The van der Waals surface area contributed by atoms with Crippen LogP contribution in [-0.2, 0) is 0 Å². The third-order valence-electron chi connectivity index (χ3n) is 5.53. The van der Waals surface area contributed by atoms with Gasteiger partial charge in [-0.3, -0.25) is 4.99 Å². The van der Waals surface area contributed by atoms with Gasteiger partial charge in [-0.05, 0) is 18.2 Å². The predicted octanol–water partition coefficient (Wildman–Crippen LogP) is 2.71. The number of aliphatic imine (C=N–C) groups is 1. The molecule has 10 nitrogen and oxygen atoms in total. The number of hydrogen-bond acceptors (Lipinski definition) is 7. The van der Waals surface area contributed by atoms with Gasteiger partial charge in [0, 0.05) is 47.9 Å². The van der Waals surface area contributed by atoms with Crippen LogP contribution in [0.25, 0.3) is 22.5 Å². The van der Waals surface area contributed by atoms with Gasteiger partial charge in [-0.15, -0.1) is 0 Å². The Labute approximate surface area is 203 Å². The molecule has 1 saturated heterocycles. The van der Waals surface area contributed by atoms with E-state index in [0.717, 1.165) is 0 Å². The summed E-state index contributed by atoms with van der Waals surface area (Å²) in [5.41, 5.74) is 8.74. The molecule has 1 aliphatic rings. The third-order valence-corrected chi connectivity index (χ3v) is 5.53. The van der Waals surface area contributed by atoms with Crippen LogP contribution in [0.5, 0.6) is 0 Å². The third kappa shape index (κ3) is 5.61. The van der Waals surface area contributed by atoms with Gasteiger partial charge >= 0.3 is 12.2 Å². The SMILES string of the molecule is N#CCC1(N=CC(=CN)c2cnn3c(-c4cccc(NC(=O)NCC(F)(F)F)c4)cnc3c2)CNC1. The van der Waals surface area contributed by atoms with Crippen LogP contribution in [0.1, 0.15) is 12.0 Å². The molecule has 1 fully saturated rings. The van der Waals surface area contributed by atoms with Crippen LogP contribution in [0.2, 0.25) is 0 Å². The number of halogens is 3. The number of carbonyl (C=O) groups excluding carboxylic acids is 1. The molecular weight excluding hydrogens is 475 g/mol. The molecule has 0 bridgehead atoms. The average molecular weight is 497 g/mol. The largest absolute Gasteiger partial charge is 0.405 e. The molecule has 0 unspecified atom stereocenters. The molecule has 0 saturated carbocycles. The maximum absolute atomic E-state index is 12.3. The van der Waals surface area contributed by atoms with E-state index < -0.39 is 24.3 Å². The minimum Gasteiger partial charge on any atom is -0.404 e. The van der Waals surface area contributed by atoms with Crippen LogP contribution in [-0.4, -0.2) is 58.2 Å². The summed E-state index contributed by atoms with van der Waals surface area (Å²) in [7, 11) is 0. The number of urea groups is 1. The molecule has 0 radical (unpaired) electrons. The van der Waals surface area contributed by atoms with Gasteiger partial charge in [-0.2, -0.15) is 23.5 Å². The first-order valence-electron chi connectivity index (χ1n) is 10.8. The highest BCUT2D eigenvalue weighted by atomic mass is 19.4. The zero-order valence-electron chi connectivity index (χ0n) is 18.9. The topological polar surface area (TPSA) is 146 Å². The molecule has 0 atom stereocenters. The first-order chi connectivity index (χ1) is 17.2. The summed E-state index contributed by atoms with van der Waals surface area (Å²) in [6.07, 6.45) is 2.04. The Hall–Kier alpha value is -4.44. The van der Waals surface area contributed by atoms with Gasteiger partial charge in [0.25, 0.3) is 0 Å². The average Bonchev–Trinajstić information content (AvgIpc) is 3.24. The molecule has 1 aliphatic heterocycles. The molecule has 3 aromatic rings. The second-order valence-electron chi connectivity index (χ2n) is 8.20. The Bertz CT molecular complexity index is 1370. The van der Waals surface area contributed by atoms with E-state index in [-0.39, 0.29) is 0 Å². The van der Waals surface area contributed by atoms with Crippen molar-refractivity contribution < 1.29 is 18.0 Å². The van der Waals surface area contributed by atoms with E-state index in [4.69, 9.17) is 11.0 Å². The molecular formula is C23H22F3N9O. The van der Waals surface area contributed by atoms with E-state index >= 15 is 0 Å². The Morgan fingerprint density at radius 3 is 2.81 bits per heavy atom. The predicted molar refractivity (Wildman–Crippen MR) is 128 cm³/mol. The number of nitrogens with one attached hydrogen (secondary N) is 3. The molecule has 0 spiro atoms. The monoisotopic (exact) mass is 497 g/mol. The lowest BCUT2D eigenvalue weighted by Crippen LogP contribution is -2.58. The summed E-state index contributed by atoms with van der Waals surface area (Å²) >= 11 is 0. The molecule has 4 rings (SSSR count). The van der Waals surface area contributed by atoms with Gasteiger partial charge in [-0.1, -0.05) is 12.1 Å². The van der Waals surface area contributed by atoms with Crippen LogP contribution in [0.4, 0.5) is 23.7 Å². The number of imidazole rings is 1. The molecule has 0 aliphatic carbocycles. The van der Waals surface area contributed by atoms with E-state index in [2.05, 4.69) is 31.8 Å². The van der Waals surface area contributed by atoms with Crippen LogP contribution >= 0.6 is 0 Å². The zero-order chi connectivity index (χ0) is 25.8. The van der Waals surface area contributed by atoms with Crippen molar-refractivity contribution >= 4 is 29.2 Å². The van der Waals surface area contributed by atoms with Crippen LogP contribution in [0, 0.1) is 11.3 Å². The van der Waals surface area contributed by atoms with Gasteiger partial charge in [-0.25, -0.2) is 14.3 Å². The number of amides is 2. The maximum atomic E-state index is 12.3.